The smallest absolute Gasteiger partial charge is 0.246 e. The van der Waals surface area contributed by atoms with Gasteiger partial charge in [0.05, 0.1) is 27.3 Å². The first-order chi connectivity index (χ1) is 12.8. The highest BCUT2D eigenvalue weighted by Gasteiger charge is 2.37. The van der Waals surface area contributed by atoms with Crippen molar-refractivity contribution in [3.63, 3.8) is 0 Å². The van der Waals surface area contributed by atoms with Crippen molar-refractivity contribution in [3.05, 3.63) is 35.6 Å². The van der Waals surface area contributed by atoms with Gasteiger partial charge in [-0.25, -0.2) is 13.4 Å². The number of aryl methyl sites for hydroxylation is 2. The first kappa shape index (κ1) is 18.1. The van der Waals surface area contributed by atoms with Gasteiger partial charge in [0, 0.05) is 32.0 Å². The predicted octanol–water partition coefficient (Wildman–Crippen LogP) is 1.99. The van der Waals surface area contributed by atoms with E-state index < -0.39 is 10.0 Å². The van der Waals surface area contributed by atoms with E-state index in [2.05, 4.69) is 15.4 Å². The molecule has 1 aliphatic heterocycles. The van der Waals surface area contributed by atoms with Crippen LogP contribution in [0, 0.1) is 12.8 Å². The number of nitrogens with zero attached hydrogens (tertiary/aromatic N) is 4. The molecule has 1 saturated heterocycles. The summed E-state index contributed by atoms with van der Waals surface area (Å²) in [6, 6.07) is 5.58. The van der Waals surface area contributed by atoms with Gasteiger partial charge in [0.1, 0.15) is 4.90 Å². The number of rotatable bonds is 4. The molecule has 27 heavy (non-hydrogen) atoms. The third-order valence-corrected chi connectivity index (χ3v) is 7.48. The Kier molecular flexibility index (Phi) is 4.49. The molecule has 1 aliphatic rings. The van der Waals surface area contributed by atoms with Crippen molar-refractivity contribution in [2.24, 2.45) is 13.0 Å². The summed E-state index contributed by atoms with van der Waals surface area (Å²) < 4.78 is 29.6. The Hall–Kier alpha value is -2.30. The number of nitrogens with one attached hydrogen (secondary N) is 1. The second kappa shape index (κ2) is 6.70. The van der Waals surface area contributed by atoms with Gasteiger partial charge in [-0.2, -0.15) is 9.40 Å². The number of hydrogen-bond acceptors (Lipinski definition) is 6. The van der Waals surface area contributed by atoms with Gasteiger partial charge in [-0.1, -0.05) is 0 Å². The molecule has 142 valence electrons. The van der Waals surface area contributed by atoms with Crippen LogP contribution < -0.4 is 5.32 Å². The molecule has 1 atom stereocenters. The van der Waals surface area contributed by atoms with Crippen molar-refractivity contribution in [1.29, 1.82) is 0 Å². The van der Waals surface area contributed by atoms with Crippen molar-refractivity contribution in [2.75, 3.05) is 18.4 Å². The van der Waals surface area contributed by atoms with Gasteiger partial charge < -0.3 is 5.32 Å². The van der Waals surface area contributed by atoms with E-state index >= 15 is 0 Å². The molecule has 3 heterocycles. The van der Waals surface area contributed by atoms with E-state index in [0.29, 0.717) is 24.3 Å². The van der Waals surface area contributed by atoms with Crippen LogP contribution in [0.5, 0.6) is 0 Å². The van der Waals surface area contributed by atoms with Crippen molar-refractivity contribution in [2.45, 2.75) is 18.2 Å². The maximum absolute atomic E-state index is 12.8. The summed E-state index contributed by atoms with van der Waals surface area (Å²) in [5, 5.41) is 6.99. The van der Waals surface area contributed by atoms with Gasteiger partial charge in [0.25, 0.3) is 0 Å². The van der Waals surface area contributed by atoms with Gasteiger partial charge in [0.2, 0.25) is 15.9 Å². The average molecular weight is 406 g/mol. The fraction of sp³-hybridized carbons (Fsp3) is 0.353. The molecule has 8 nitrogen and oxygen atoms in total. The van der Waals surface area contributed by atoms with E-state index in [1.165, 1.54) is 26.5 Å². The van der Waals surface area contributed by atoms with Crippen LogP contribution >= 0.6 is 11.3 Å². The Morgan fingerprint density at radius 1 is 1.37 bits per heavy atom. The Morgan fingerprint density at radius 2 is 2.19 bits per heavy atom. The van der Waals surface area contributed by atoms with E-state index in [-0.39, 0.29) is 23.3 Å². The lowest BCUT2D eigenvalue weighted by molar-refractivity contribution is -0.119. The number of anilines is 1. The quantitative estimate of drug-likeness (QED) is 0.716. The summed E-state index contributed by atoms with van der Waals surface area (Å²) in [7, 11) is -1.96. The Bertz CT molecular complexity index is 1120. The lowest BCUT2D eigenvalue weighted by atomic mass is 10.1. The minimum absolute atomic E-state index is 0.168. The van der Waals surface area contributed by atoms with Gasteiger partial charge >= 0.3 is 0 Å². The molecule has 0 aliphatic carbocycles. The fourth-order valence-corrected chi connectivity index (χ4v) is 5.67. The van der Waals surface area contributed by atoms with E-state index in [1.54, 1.807) is 19.5 Å². The molecule has 4 rings (SSSR count). The number of amides is 1. The molecule has 0 radical (unpaired) electrons. The first-order valence-electron chi connectivity index (χ1n) is 8.49. The minimum Gasteiger partial charge on any atom is -0.326 e. The predicted molar refractivity (Wildman–Crippen MR) is 103 cm³/mol. The molecule has 3 aromatic rings. The standard InChI is InChI=1S/C17H19N5O3S2/c1-11-16(9-21(2)20-11)27(24,25)22-6-5-12(8-22)17(23)19-13-3-4-15-14(7-13)18-10-26-15/h3-4,7,9-10,12H,5-6,8H2,1-2H3,(H,19,23)/t12-/m1/s1. The van der Waals surface area contributed by atoms with Gasteiger partial charge in [0.15, 0.2) is 0 Å². The second-order valence-corrected chi connectivity index (χ2v) is 9.42. The number of fused-ring (bicyclic) bond motifs is 1. The monoisotopic (exact) mass is 405 g/mol. The number of hydrogen-bond donors (Lipinski definition) is 1. The van der Waals surface area contributed by atoms with Crippen LogP contribution in [0.25, 0.3) is 10.2 Å². The molecule has 0 bridgehead atoms. The number of carbonyl (C=O) groups is 1. The normalized spacial score (nSPS) is 18.2. The zero-order chi connectivity index (χ0) is 19.2. The van der Waals surface area contributed by atoms with Gasteiger partial charge in [-0.15, -0.1) is 11.3 Å². The maximum Gasteiger partial charge on any atom is 0.246 e. The summed E-state index contributed by atoms with van der Waals surface area (Å²) >= 11 is 1.54. The van der Waals surface area contributed by atoms with Crippen LogP contribution in [0.2, 0.25) is 0 Å². The molecule has 0 unspecified atom stereocenters. The molecular weight excluding hydrogens is 386 g/mol. The summed E-state index contributed by atoms with van der Waals surface area (Å²) in [6.45, 7) is 2.16. The van der Waals surface area contributed by atoms with Crippen molar-refractivity contribution in [3.8, 4) is 0 Å². The number of benzene rings is 1. The third kappa shape index (κ3) is 3.35. The number of thiazole rings is 1. The molecular formula is C17H19N5O3S2. The van der Waals surface area contributed by atoms with Crippen LogP contribution in [0.1, 0.15) is 12.1 Å². The third-order valence-electron chi connectivity index (χ3n) is 4.71. The number of aromatic nitrogens is 3. The fourth-order valence-electron chi connectivity index (χ4n) is 3.31. The molecule has 10 heteroatoms. The van der Waals surface area contributed by atoms with E-state index in [4.69, 9.17) is 0 Å². The van der Waals surface area contributed by atoms with Crippen LogP contribution in [0.4, 0.5) is 5.69 Å². The lowest BCUT2D eigenvalue weighted by Gasteiger charge is -2.16. The molecule has 1 aromatic carbocycles. The van der Waals surface area contributed by atoms with Gasteiger partial charge in [-0.05, 0) is 31.5 Å². The second-order valence-electron chi connectivity index (χ2n) is 6.63. The van der Waals surface area contributed by atoms with Crippen molar-refractivity contribution < 1.29 is 13.2 Å². The molecule has 1 fully saturated rings. The van der Waals surface area contributed by atoms with Crippen molar-refractivity contribution in [1.82, 2.24) is 19.1 Å². The topological polar surface area (TPSA) is 97.2 Å². The molecule has 0 saturated carbocycles. The molecule has 1 amide bonds. The summed E-state index contributed by atoms with van der Waals surface area (Å²) in [5.74, 6) is -0.562. The lowest BCUT2D eigenvalue weighted by Crippen LogP contribution is -2.31. The van der Waals surface area contributed by atoms with Crippen LogP contribution in [-0.4, -0.2) is 46.5 Å². The van der Waals surface area contributed by atoms with Crippen molar-refractivity contribution >= 4 is 43.2 Å². The number of sulfonamides is 1. The highest BCUT2D eigenvalue weighted by atomic mass is 32.2. The first-order valence-corrected chi connectivity index (χ1v) is 10.8. The van der Waals surface area contributed by atoms with E-state index in [0.717, 1.165) is 10.2 Å². The van der Waals surface area contributed by atoms with Crippen LogP contribution in [0.15, 0.2) is 34.8 Å². The van der Waals surface area contributed by atoms with Crippen LogP contribution in [0.3, 0.4) is 0 Å². The highest BCUT2D eigenvalue weighted by molar-refractivity contribution is 7.89. The Balaban J connectivity index is 1.47. The SMILES string of the molecule is Cc1nn(C)cc1S(=O)(=O)N1CC[C@@H](C(=O)Nc2ccc3scnc3c2)C1. The van der Waals surface area contributed by atoms with E-state index in [1.807, 2.05) is 18.2 Å². The summed E-state index contributed by atoms with van der Waals surface area (Å²) in [4.78, 5) is 17.0. The maximum atomic E-state index is 12.8. The molecule has 1 N–H and O–H groups in total. The Labute approximate surface area is 160 Å². The van der Waals surface area contributed by atoms with Gasteiger partial charge in [-0.3, -0.25) is 9.48 Å². The Morgan fingerprint density at radius 3 is 2.93 bits per heavy atom. The number of carbonyl (C=O) groups excluding carboxylic acids is 1. The molecule has 0 spiro atoms. The molecule has 2 aromatic heterocycles. The minimum atomic E-state index is -3.65. The summed E-state index contributed by atoms with van der Waals surface area (Å²) in [6.07, 6.45) is 1.99. The zero-order valence-corrected chi connectivity index (χ0v) is 16.5. The van der Waals surface area contributed by atoms with E-state index in [9.17, 15) is 13.2 Å². The zero-order valence-electron chi connectivity index (χ0n) is 14.9. The average Bonchev–Trinajstić information content (AvgIpc) is 3.33. The largest absolute Gasteiger partial charge is 0.326 e. The van der Waals surface area contributed by atoms with Crippen LogP contribution in [-0.2, 0) is 21.9 Å². The summed E-state index contributed by atoms with van der Waals surface area (Å²) in [5.41, 5.74) is 3.72. The highest BCUT2D eigenvalue weighted by Crippen LogP contribution is 2.27.